The minimum Gasteiger partial charge on any atom is -0.252 e. The monoisotopic (exact) mass is 402 g/mol. The van der Waals surface area contributed by atoms with Crippen molar-refractivity contribution >= 4 is 0 Å². The van der Waals surface area contributed by atoms with Crippen molar-refractivity contribution in [2.45, 2.75) is 125 Å². The Morgan fingerprint density at radius 2 is 1.25 bits per heavy atom. The molecule has 0 spiro atoms. The highest BCUT2D eigenvalue weighted by Gasteiger charge is 2.42. The summed E-state index contributed by atoms with van der Waals surface area (Å²) in [5, 5.41) is 19.0. The van der Waals surface area contributed by atoms with E-state index in [1.165, 1.54) is 51.4 Å². The van der Waals surface area contributed by atoms with Gasteiger partial charge in [-0.05, 0) is 36.5 Å². The SMILES string of the molecule is CCCCC(CC)CC(C)(CC(CC)CCCC)C(COO)C(CCC)OO. The average molecular weight is 403 g/mol. The molecule has 0 saturated carbocycles. The van der Waals surface area contributed by atoms with E-state index in [1.54, 1.807) is 0 Å². The fourth-order valence-electron chi connectivity index (χ4n) is 5.04. The fraction of sp³-hybridized carbons (Fsp3) is 1.00. The van der Waals surface area contributed by atoms with E-state index >= 15 is 0 Å². The molecule has 170 valence electrons. The van der Waals surface area contributed by atoms with Gasteiger partial charge < -0.3 is 0 Å². The summed E-state index contributed by atoms with van der Waals surface area (Å²) in [6.07, 6.45) is 13.4. The first kappa shape index (κ1) is 27.8. The van der Waals surface area contributed by atoms with Gasteiger partial charge in [-0.3, -0.25) is 10.5 Å². The predicted octanol–water partition coefficient (Wildman–Crippen LogP) is 7.97. The molecule has 0 aliphatic rings. The van der Waals surface area contributed by atoms with Gasteiger partial charge in [0, 0.05) is 5.92 Å². The van der Waals surface area contributed by atoms with Crippen molar-refractivity contribution in [3.63, 3.8) is 0 Å². The number of hydrogen-bond acceptors (Lipinski definition) is 4. The third-order valence-corrected chi connectivity index (χ3v) is 6.90. The predicted molar refractivity (Wildman–Crippen MR) is 118 cm³/mol. The van der Waals surface area contributed by atoms with Crippen molar-refractivity contribution in [3.05, 3.63) is 0 Å². The van der Waals surface area contributed by atoms with Gasteiger partial charge in [0.2, 0.25) is 0 Å². The molecule has 0 fully saturated rings. The van der Waals surface area contributed by atoms with Crippen LogP contribution in [0.15, 0.2) is 0 Å². The lowest BCUT2D eigenvalue weighted by Gasteiger charge is -2.44. The maximum atomic E-state index is 9.65. The van der Waals surface area contributed by atoms with Gasteiger partial charge >= 0.3 is 0 Å². The number of unbranched alkanes of at least 4 members (excludes halogenated alkanes) is 2. The molecular formula is C24H50O4. The van der Waals surface area contributed by atoms with Gasteiger partial charge in [-0.15, -0.1) is 0 Å². The lowest BCUT2D eigenvalue weighted by molar-refractivity contribution is -0.323. The molecule has 28 heavy (non-hydrogen) atoms. The summed E-state index contributed by atoms with van der Waals surface area (Å²) in [5.41, 5.74) is -0.0336. The molecule has 0 aromatic rings. The van der Waals surface area contributed by atoms with E-state index in [0.29, 0.717) is 11.8 Å². The van der Waals surface area contributed by atoms with Crippen LogP contribution in [0.5, 0.6) is 0 Å². The second kappa shape index (κ2) is 16.6. The molecule has 4 heteroatoms. The fourth-order valence-corrected chi connectivity index (χ4v) is 5.04. The molecular weight excluding hydrogens is 352 g/mol. The van der Waals surface area contributed by atoms with Crippen LogP contribution in [0.1, 0.15) is 119 Å². The van der Waals surface area contributed by atoms with Crippen molar-refractivity contribution in [2.24, 2.45) is 23.2 Å². The van der Waals surface area contributed by atoms with E-state index < -0.39 is 0 Å². The van der Waals surface area contributed by atoms with Crippen LogP contribution in [0, 0.1) is 23.2 Å². The third kappa shape index (κ3) is 10.0. The Morgan fingerprint density at radius 3 is 1.57 bits per heavy atom. The van der Waals surface area contributed by atoms with Crippen molar-refractivity contribution in [3.8, 4) is 0 Å². The molecule has 0 aromatic carbocycles. The van der Waals surface area contributed by atoms with Crippen molar-refractivity contribution in [1.29, 1.82) is 0 Å². The zero-order chi connectivity index (χ0) is 21.4. The van der Waals surface area contributed by atoms with Crippen LogP contribution in [-0.2, 0) is 9.78 Å². The summed E-state index contributed by atoms with van der Waals surface area (Å²) < 4.78 is 0. The second-order valence-electron chi connectivity index (χ2n) is 9.23. The van der Waals surface area contributed by atoms with Crippen LogP contribution in [0.4, 0.5) is 0 Å². The summed E-state index contributed by atoms with van der Waals surface area (Å²) in [4.78, 5) is 9.63. The Morgan fingerprint density at radius 1 is 0.750 bits per heavy atom. The Kier molecular flexibility index (Phi) is 16.5. The summed E-state index contributed by atoms with van der Waals surface area (Å²) in [7, 11) is 0. The standard InChI is InChI=1S/C24H50O4/c1-7-12-15-20(10-4)17-24(6,18-21(11-5)16-13-8-2)22(19-27-25)23(28-26)14-9-3/h20-23,25-26H,7-19H2,1-6H3. The average Bonchev–Trinajstić information content (AvgIpc) is 2.70. The molecule has 0 amide bonds. The normalized spacial score (nSPS) is 18.4. The van der Waals surface area contributed by atoms with Crippen LogP contribution < -0.4 is 0 Å². The van der Waals surface area contributed by atoms with Crippen LogP contribution >= 0.6 is 0 Å². The molecule has 0 bridgehead atoms. The zero-order valence-corrected chi connectivity index (χ0v) is 19.7. The first-order chi connectivity index (χ1) is 13.5. The van der Waals surface area contributed by atoms with E-state index in [2.05, 4.69) is 46.4 Å². The molecule has 2 N–H and O–H groups in total. The van der Waals surface area contributed by atoms with E-state index in [4.69, 9.17) is 4.89 Å². The Bertz CT molecular complexity index is 329. The van der Waals surface area contributed by atoms with Crippen LogP contribution in [0.25, 0.3) is 0 Å². The molecule has 0 heterocycles. The molecule has 0 saturated heterocycles. The summed E-state index contributed by atoms with van der Waals surface area (Å²) in [5.74, 6) is 1.31. The van der Waals surface area contributed by atoms with E-state index in [9.17, 15) is 10.5 Å². The Balaban J connectivity index is 5.71. The van der Waals surface area contributed by atoms with Gasteiger partial charge in [0.25, 0.3) is 0 Å². The molecule has 4 atom stereocenters. The Hall–Kier alpha value is -0.160. The minimum absolute atomic E-state index is 0.0196. The molecule has 0 aliphatic carbocycles. The molecule has 0 radical (unpaired) electrons. The molecule has 4 nitrogen and oxygen atoms in total. The quantitative estimate of drug-likeness (QED) is 0.170. The first-order valence-electron chi connectivity index (χ1n) is 12.0. The summed E-state index contributed by atoms with van der Waals surface area (Å²) in [6.45, 7) is 13.8. The smallest absolute Gasteiger partial charge is 0.0983 e. The van der Waals surface area contributed by atoms with Crippen LogP contribution in [0.3, 0.4) is 0 Å². The Labute approximate surface area is 175 Å². The third-order valence-electron chi connectivity index (χ3n) is 6.90. The minimum atomic E-state index is -0.297. The van der Waals surface area contributed by atoms with Gasteiger partial charge in [0.05, 0.1) is 12.7 Å². The van der Waals surface area contributed by atoms with Crippen molar-refractivity contribution < 1.29 is 20.3 Å². The maximum absolute atomic E-state index is 9.65. The van der Waals surface area contributed by atoms with Gasteiger partial charge in [0.1, 0.15) is 0 Å². The van der Waals surface area contributed by atoms with E-state index in [1.807, 2.05) is 0 Å². The van der Waals surface area contributed by atoms with Crippen molar-refractivity contribution in [1.82, 2.24) is 0 Å². The summed E-state index contributed by atoms with van der Waals surface area (Å²) >= 11 is 0. The lowest BCUT2D eigenvalue weighted by Crippen LogP contribution is -2.42. The topological polar surface area (TPSA) is 58.9 Å². The molecule has 0 rings (SSSR count). The molecule has 0 aromatic heterocycles. The van der Waals surface area contributed by atoms with Gasteiger partial charge in [-0.25, -0.2) is 9.78 Å². The maximum Gasteiger partial charge on any atom is 0.0983 e. The largest absolute Gasteiger partial charge is 0.252 e. The first-order valence-corrected chi connectivity index (χ1v) is 12.0. The van der Waals surface area contributed by atoms with Gasteiger partial charge in [0.15, 0.2) is 0 Å². The highest BCUT2D eigenvalue weighted by Crippen LogP contribution is 2.46. The van der Waals surface area contributed by atoms with E-state index in [-0.39, 0.29) is 24.0 Å². The highest BCUT2D eigenvalue weighted by atomic mass is 17.1. The zero-order valence-electron chi connectivity index (χ0n) is 19.7. The highest BCUT2D eigenvalue weighted by molar-refractivity contribution is 4.90. The van der Waals surface area contributed by atoms with Crippen LogP contribution in [0.2, 0.25) is 0 Å². The van der Waals surface area contributed by atoms with Gasteiger partial charge in [-0.1, -0.05) is 99.3 Å². The van der Waals surface area contributed by atoms with Crippen molar-refractivity contribution in [2.75, 3.05) is 6.61 Å². The second-order valence-corrected chi connectivity index (χ2v) is 9.23. The molecule has 0 aliphatic heterocycles. The summed E-state index contributed by atoms with van der Waals surface area (Å²) in [6, 6.07) is 0. The van der Waals surface area contributed by atoms with E-state index in [0.717, 1.165) is 25.7 Å². The molecule has 4 unspecified atom stereocenters. The van der Waals surface area contributed by atoms with Crippen LogP contribution in [-0.4, -0.2) is 23.2 Å². The number of rotatable bonds is 19. The number of hydrogen-bond donors (Lipinski definition) is 2. The lowest BCUT2D eigenvalue weighted by atomic mass is 9.63. The van der Waals surface area contributed by atoms with Gasteiger partial charge in [-0.2, -0.15) is 0 Å².